The smallest absolute Gasteiger partial charge is 0.236 e. The molecule has 4 nitrogen and oxygen atoms in total. The molecule has 2 rings (SSSR count). The molecule has 0 heterocycles. The number of nitrogens with zero attached hydrogens (tertiary/aromatic N) is 2. The fourth-order valence-electron chi connectivity index (χ4n) is 2.63. The first-order valence-corrected chi connectivity index (χ1v) is 8.43. The third kappa shape index (κ3) is 6.14. The van der Waals surface area contributed by atoms with E-state index in [0.717, 1.165) is 25.1 Å². The lowest BCUT2D eigenvalue weighted by molar-refractivity contribution is -0.131. The normalized spacial score (nSPS) is 10.8. The second-order valence-corrected chi connectivity index (χ2v) is 6.07. The van der Waals surface area contributed by atoms with Crippen molar-refractivity contribution in [2.75, 3.05) is 26.7 Å². The van der Waals surface area contributed by atoms with Crippen molar-refractivity contribution >= 4 is 5.91 Å². The number of hydrogen-bond acceptors (Lipinski definition) is 3. The Balaban J connectivity index is 1.93. The van der Waals surface area contributed by atoms with E-state index in [0.29, 0.717) is 19.6 Å². The van der Waals surface area contributed by atoms with Crippen molar-refractivity contribution in [2.45, 2.75) is 19.5 Å². The van der Waals surface area contributed by atoms with Crippen LogP contribution in [0.4, 0.5) is 0 Å². The van der Waals surface area contributed by atoms with E-state index in [-0.39, 0.29) is 5.91 Å². The predicted molar refractivity (Wildman–Crippen MR) is 98.3 cm³/mol. The molecular weight excluding hydrogens is 298 g/mol. The number of amides is 1. The second kappa shape index (κ2) is 9.85. The molecule has 1 amide bonds. The van der Waals surface area contributed by atoms with Crippen molar-refractivity contribution < 1.29 is 4.79 Å². The van der Waals surface area contributed by atoms with Crippen molar-refractivity contribution in [1.29, 1.82) is 0 Å². The number of nitrogens with two attached hydrogens (primary N) is 1. The maximum Gasteiger partial charge on any atom is 0.236 e. The van der Waals surface area contributed by atoms with Gasteiger partial charge in [0.15, 0.2) is 0 Å². The summed E-state index contributed by atoms with van der Waals surface area (Å²) >= 11 is 0. The monoisotopic (exact) mass is 325 g/mol. The van der Waals surface area contributed by atoms with Gasteiger partial charge in [0.05, 0.1) is 6.54 Å². The lowest BCUT2D eigenvalue weighted by Crippen LogP contribution is -2.38. The maximum absolute atomic E-state index is 12.6. The number of likely N-dealkylation sites (N-methyl/N-ethyl adjacent to an activating group) is 1. The van der Waals surface area contributed by atoms with Gasteiger partial charge >= 0.3 is 0 Å². The van der Waals surface area contributed by atoms with Crippen LogP contribution in [0.5, 0.6) is 0 Å². The predicted octanol–water partition coefficient (Wildman–Crippen LogP) is 2.50. The van der Waals surface area contributed by atoms with E-state index >= 15 is 0 Å². The highest BCUT2D eigenvalue weighted by Gasteiger charge is 2.15. The Morgan fingerprint density at radius 2 is 1.46 bits per heavy atom. The van der Waals surface area contributed by atoms with E-state index in [1.165, 1.54) is 5.56 Å². The molecule has 2 N–H and O–H groups in total. The van der Waals surface area contributed by atoms with Crippen molar-refractivity contribution in [1.82, 2.24) is 9.80 Å². The van der Waals surface area contributed by atoms with Gasteiger partial charge in [0.1, 0.15) is 0 Å². The molecule has 0 saturated carbocycles. The Labute approximate surface area is 144 Å². The number of carbonyl (C=O) groups is 1. The number of benzene rings is 2. The van der Waals surface area contributed by atoms with E-state index in [2.05, 4.69) is 17.0 Å². The van der Waals surface area contributed by atoms with Gasteiger partial charge in [0, 0.05) is 26.7 Å². The summed E-state index contributed by atoms with van der Waals surface area (Å²) in [6.45, 7) is 3.29. The largest absolute Gasteiger partial charge is 0.340 e. The third-order valence-electron chi connectivity index (χ3n) is 3.97. The summed E-state index contributed by atoms with van der Waals surface area (Å²) in [5, 5.41) is 0. The van der Waals surface area contributed by atoms with E-state index in [9.17, 15) is 4.79 Å². The second-order valence-electron chi connectivity index (χ2n) is 6.07. The zero-order valence-corrected chi connectivity index (χ0v) is 14.4. The lowest BCUT2D eigenvalue weighted by atomic mass is 10.2. The standard InChI is InChI=1S/C20H27N3O/c1-22(15-18-9-4-2-5-10-18)20(24)17-23(14-8-13-21)16-19-11-6-3-7-12-19/h2-7,9-12H,8,13-17,21H2,1H3. The van der Waals surface area contributed by atoms with Crippen LogP contribution in [0.1, 0.15) is 17.5 Å². The molecule has 0 spiro atoms. The molecule has 0 fully saturated rings. The van der Waals surface area contributed by atoms with Gasteiger partial charge in [-0.15, -0.1) is 0 Å². The fourth-order valence-corrected chi connectivity index (χ4v) is 2.63. The van der Waals surface area contributed by atoms with E-state index < -0.39 is 0 Å². The highest BCUT2D eigenvalue weighted by molar-refractivity contribution is 5.78. The van der Waals surface area contributed by atoms with Gasteiger partial charge in [0.2, 0.25) is 5.91 Å². The first kappa shape index (κ1) is 18.2. The van der Waals surface area contributed by atoms with Gasteiger partial charge in [-0.3, -0.25) is 9.69 Å². The average Bonchev–Trinajstić information content (AvgIpc) is 2.61. The molecule has 2 aromatic carbocycles. The van der Waals surface area contributed by atoms with Crippen molar-refractivity contribution in [2.24, 2.45) is 5.73 Å². The molecule has 0 atom stereocenters. The molecule has 0 radical (unpaired) electrons. The molecule has 0 bridgehead atoms. The zero-order chi connectivity index (χ0) is 17.2. The summed E-state index contributed by atoms with van der Waals surface area (Å²) in [4.78, 5) is 16.5. The third-order valence-corrected chi connectivity index (χ3v) is 3.97. The summed E-state index contributed by atoms with van der Waals surface area (Å²) in [5.74, 6) is 0.131. The first-order chi connectivity index (χ1) is 11.7. The molecule has 2 aromatic rings. The highest BCUT2D eigenvalue weighted by Crippen LogP contribution is 2.07. The molecule has 0 aliphatic carbocycles. The van der Waals surface area contributed by atoms with E-state index in [1.54, 1.807) is 4.90 Å². The number of carbonyl (C=O) groups excluding carboxylic acids is 1. The van der Waals surface area contributed by atoms with Crippen LogP contribution in [0.15, 0.2) is 60.7 Å². The fraction of sp³-hybridized carbons (Fsp3) is 0.350. The lowest BCUT2D eigenvalue weighted by Gasteiger charge is -2.25. The number of rotatable bonds is 9. The van der Waals surface area contributed by atoms with Crippen molar-refractivity contribution in [3.63, 3.8) is 0 Å². The van der Waals surface area contributed by atoms with Gasteiger partial charge in [-0.25, -0.2) is 0 Å². The van der Waals surface area contributed by atoms with Crippen molar-refractivity contribution in [3.8, 4) is 0 Å². The Morgan fingerprint density at radius 1 is 0.917 bits per heavy atom. The SMILES string of the molecule is CN(Cc1ccccc1)C(=O)CN(CCCN)Cc1ccccc1. The molecule has 24 heavy (non-hydrogen) atoms. The van der Waals surface area contributed by atoms with Crippen LogP contribution >= 0.6 is 0 Å². The van der Waals surface area contributed by atoms with Crippen LogP contribution < -0.4 is 5.73 Å². The number of hydrogen-bond donors (Lipinski definition) is 1. The summed E-state index contributed by atoms with van der Waals surface area (Å²) in [6.07, 6.45) is 0.891. The molecule has 128 valence electrons. The van der Waals surface area contributed by atoms with Gasteiger partial charge in [-0.05, 0) is 24.1 Å². The molecule has 0 saturated heterocycles. The van der Waals surface area contributed by atoms with Crippen LogP contribution in [-0.2, 0) is 17.9 Å². The Morgan fingerprint density at radius 3 is 2.00 bits per heavy atom. The van der Waals surface area contributed by atoms with Crippen LogP contribution in [-0.4, -0.2) is 42.4 Å². The van der Waals surface area contributed by atoms with Crippen LogP contribution in [0, 0.1) is 0 Å². The molecule has 0 aliphatic heterocycles. The zero-order valence-electron chi connectivity index (χ0n) is 14.4. The molecule has 0 aromatic heterocycles. The summed E-state index contributed by atoms with van der Waals surface area (Å²) in [7, 11) is 1.86. The topological polar surface area (TPSA) is 49.6 Å². The first-order valence-electron chi connectivity index (χ1n) is 8.43. The van der Waals surface area contributed by atoms with Crippen LogP contribution in [0.2, 0.25) is 0 Å². The summed E-state index contributed by atoms with van der Waals surface area (Å²) < 4.78 is 0. The van der Waals surface area contributed by atoms with Crippen LogP contribution in [0.3, 0.4) is 0 Å². The van der Waals surface area contributed by atoms with E-state index in [4.69, 9.17) is 5.73 Å². The Hall–Kier alpha value is -2.17. The molecule has 0 aliphatic rings. The molecule has 4 heteroatoms. The minimum atomic E-state index is 0.131. The van der Waals surface area contributed by atoms with Gasteiger partial charge in [0.25, 0.3) is 0 Å². The summed E-state index contributed by atoms with van der Waals surface area (Å²) in [6, 6.07) is 20.3. The quantitative estimate of drug-likeness (QED) is 0.770. The Bertz CT molecular complexity index is 601. The minimum absolute atomic E-state index is 0.131. The minimum Gasteiger partial charge on any atom is -0.340 e. The summed E-state index contributed by atoms with van der Waals surface area (Å²) in [5.41, 5.74) is 8.00. The van der Waals surface area contributed by atoms with Crippen LogP contribution in [0.25, 0.3) is 0 Å². The maximum atomic E-state index is 12.6. The molecular formula is C20H27N3O. The van der Waals surface area contributed by atoms with Gasteiger partial charge in [-0.1, -0.05) is 60.7 Å². The average molecular weight is 325 g/mol. The van der Waals surface area contributed by atoms with Crippen molar-refractivity contribution in [3.05, 3.63) is 71.8 Å². The van der Waals surface area contributed by atoms with E-state index in [1.807, 2.05) is 55.6 Å². The molecule has 0 unspecified atom stereocenters. The van der Waals surface area contributed by atoms with Gasteiger partial charge < -0.3 is 10.6 Å². The highest BCUT2D eigenvalue weighted by atomic mass is 16.2. The van der Waals surface area contributed by atoms with Gasteiger partial charge in [-0.2, -0.15) is 0 Å². The Kier molecular flexibility index (Phi) is 7.46.